The van der Waals surface area contributed by atoms with Gasteiger partial charge in [0.25, 0.3) is 0 Å². The summed E-state index contributed by atoms with van der Waals surface area (Å²) in [6.45, 7) is 0.725. The molecule has 180 valence electrons. The van der Waals surface area contributed by atoms with Crippen LogP contribution >= 0.6 is 0 Å². The molecule has 0 radical (unpaired) electrons. The normalized spacial score (nSPS) is 21.4. The molecule has 0 aromatic heterocycles. The molecule has 3 aromatic rings. The van der Waals surface area contributed by atoms with E-state index in [4.69, 9.17) is 0 Å². The zero-order valence-corrected chi connectivity index (χ0v) is 18.2. The molecule has 0 spiro atoms. The third kappa shape index (κ3) is 5.28. The number of alkyl halides is 6. The van der Waals surface area contributed by atoms with Crippen LogP contribution in [0.5, 0.6) is 0 Å². The van der Waals surface area contributed by atoms with Crippen molar-refractivity contribution in [2.24, 2.45) is 0 Å². The molecule has 0 amide bonds. The molecular formula is C26H24F6N2. The maximum absolute atomic E-state index is 13.7. The Morgan fingerprint density at radius 1 is 0.706 bits per heavy atom. The molecule has 0 saturated carbocycles. The van der Waals surface area contributed by atoms with Crippen molar-refractivity contribution in [2.45, 2.75) is 36.8 Å². The van der Waals surface area contributed by atoms with Crippen LogP contribution in [0, 0.1) is 0 Å². The first-order chi connectivity index (χ1) is 16.1. The van der Waals surface area contributed by atoms with Crippen LogP contribution in [0.4, 0.5) is 26.3 Å². The van der Waals surface area contributed by atoms with Crippen LogP contribution < -0.4 is 10.6 Å². The van der Waals surface area contributed by atoms with E-state index in [0.29, 0.717) is 13.1 Å². The quantitative estimate of drug-likeness (QED) is 0.442. The van der Waals surface area contributed by atoms with E-state index < -0.39 is 35.1 Å². The lowest BCUT2D eigenvalue weighted by Gasteiger charge is -2.44. The zero-order valence-electron chi connectivity index (χ0n) is 18.2. The third-order valence-electron chi connectivity index (χ3n) is 6.23. The molecule has 4 rings (SSSR count). The van der Waals surface area contributed by atoms with Gasteiger partial charge in [-0.1, -0.05) is 66.7 Å². The van der Waals surface area contributed by atoms with Crippen LogP contribution in [0.25, 0.3) is 0 Å². The Morgan fingerprint density at radius 3 is 1.85 bits per heavy atom. The number of piperazine rings is 1. The number of halogens is 6. The summed E-state index contributed by atoms with van der Waals surface area (Å²) in [5.74, 6) is 0. The lowest BCUT2D eigenvalue weighted by atomic mass is 9.79. The Kier molecular flexibility index (Phi) is 6.73. The Hall–Kier alpha value is -2.84. The van der Waals surface area contributed by atoms with Crippen molar-refractivity contribution < 1.29 is 26.3 Å². The SMILES string of the molecule is FC(F)(F)c1ccccc1CC1CNCC(Cc2ccccc2C(F)(F)F)(c2ccccc2)N1. The van der Waals surface area contributed by atoms with E-state index in [2.05, 4.69) is 10.6 Å². The van der Waals surface area contributed by atoms with Crippen LogP contribution in [0.3, 0.4) is 0 Å². The lowest BCUT2D eigenvalue weighted by molar-refractivity contribution is -0.139. The van der Waals surface area contributed by atoms with Gasteiger partial charge >= 0.3 is 12.4 Å². The van der Waals surface area contributed by atoms with Gasteiger partial charge in [0.15, 0.2) is 0 Å². The molecule has 1 heterocycles. The standard InChI is InChI=1S/C26H24F6N2/c27-25(28,29)22-12-6-4-8-18(22)14-21-16-33-17-24(34-21,20-10-2-1-3-11-20)15-19-9-5-7-13-23(19)26(30,31)32/h1-13,21,33-34H,14-17H2. The fraction of sp³-hybridized carbons (Fsp3) is 0.308. The van der Waals surface area contributed by atoms with Gasteiger partial charge in [0, 0.05) is 19.1 Å². The predicted molar refractivity (Wildman–Crippen MR) is 118 cm³/mol. The molecule has 2 nitrogen and oxygen atoms in total. The molecule has 2 unspecified atom stereocenters. The van der Waals surface area contributed by atoms with Gasteiger partial charge in [-0.2, -0.15) is 26.3 Å². The van der Waals surface area contributed by atoms with Gasteiger partial charge in [0.05, 0.1) is 16.7 Å². The van der Waals surface area contributed by atoms with Crippen LogP contribution in [-0.2, 0) is 30.7 Å². The van der Waals surface area contributed by atoms with Crippen LogP contribution in [0.15, 0.2) is 78.9 Å². The highest BCUT2D eigenvalue weighted by Crippen LogP contribution is 2.37. The number of hydrogen-bond donors (Lipinski definition) is 2. The fourth-order valence-electron chi connectivity index (χ4n) is 4.75. The van der Waals surface area contributed by atoms with E-state index in [1.54, 1.807) is 24.3 Å². The van der Waals surface area contributed by atoms with Gasteiger partial charge in [-0.3, -0.25) is 0 Å². The highest BCUT2D eigenvalue weighted by molar-refractivity contribution is 5.37. The smallest absolute Gasteiger partial charge is 0.313 e. The van der Waals surface area contributed by atoms with E-state index in [1.807, 2.05) is 18.2 Å². The average molecular weight is 478 g/mol. The maximum Gasteiger partial charge on any atom is 0.416 e. The van der Waals surface area contributed by atoms with E-state index in [1.165, 1.54) is 24.3 Å². The number of rotatable bonds is 5. The second kappa shape index (κ2) is 9.43. The van der Waals surface area contributed by atoms with Crippen molar-refractivity contribution in [1.29, 1.82) is 0 Å². The first-order valence-electron chi connectivity index (χ1n) is 10.9. The second-order valence-corrected chi connectivity index (χ2v) is 8.61. The highest BCUT2D eigenvalue weighted by Gasteiger charge is 2.41. The third-order valence-corrected chi connectivity index (χ3v) is 6.23. The first kappa shape index (κ1) is 24.3. The van der Waals surface area contributed by atoms with Crippen molar-refractivity contribution in [1.82, 2.24) is 10.6 Å². The summed E-state index contributed by atoms with van der Waals surface area (Å²) in [5.41, 5.74) is -1.29. The summed E-state index contributed by atoms with van der Waals surface area (Å²) >= 11 is 0. The monoisotopic (exact) mass is 478 g/mol. The van der Waals surface area contributed by atoms with Gasteiger partial charge in [0.1, 0.15) is 0 Å². The van der Waals surface area contributed by atoms with Crippen LogP contribution in [-0.4, -0.2) is 19.1 Å². The van der Waals surface area contributed by atoms with E-state index >= 15 is 0 Å². The molecule has 1 saturated heterocycles. The molecule has 2 atom stereocenters. The molecule has 1 fully saturated rings. The highest BCUT2D eigenvalue weighted by atomic mass is 19.4. The number of hydrogen-bond acceptors (Lipinski definition) is 2. The fourth-order valence-corrected chi connectivity index (χ4v) is 4.75. The molecule has 3 aromatic carbocycles. The molecule has 1 aliphatic rings. The molecule has 8 heteroatoms. The topological polar surface area (TPSA) is 24.1 Å². The Labute approximate surface area is 194 Å². The first-order valence-corrected chi connectivity index (χ1v) is 10.9. The molecule has 2 N–H and O–H groups in total. The van der Waals surface area contributed by atoms with Crippen molar-refractivity contribution in [3.8, 4) is 0 Å². The molecule has 1 aliphatic heterocycles. The van der Waals surface area contributed by atoms with E-state index in [9.17, 15) is 26.3 Å². The minimum absolute atomic E-state index is 0.0249. The summed E-state index contributed by atoms with van der Waals surface area (Å²) in [5, 5.41) is 6.70. The summed E-state index contributed by atoms with van der Waals surface area (Å²) in [6, 6.07) is 19.5. The van der Waals surface area contributed by atoms with Crippen molar-refractivity contribution in [3.63, 3.8) is 0 Å². The zero-order chi connectivity index (χ0) is 24.4. The molecule has 0 aliphatic carbocycles. The van der Waals surface area contributed by atoms with Gasteiger partial charge in [-0.25, -0.2) is 0 Å². The van der Waals surface area contributed by atoms with Gasteiger partial charge < -0.3 is 10.6 Å². The Balaban J connectivity index is 1.70. The minimum Gasteiger partial charge on any atom is -0.313 e. The molecule has 34 heavy (non-hydrogen) atoms. The van der Waals surface area contributed by atoms with Crippen LogP contribution in [0.2, 0.25) is 0 Å². The largest absolute Gasteiger partial charge is 0.416 e. The van der Waals surface area contributed by atoms with Crippen LogP contribution in [0.1, 0.15) is 27.8 Å². The maximum atomic E-state index is 13.7. The summed E-state index contributed by atoms with van der Waals surface area (Å²) in [6.07, 6.45) is -8.89. The Bertz CT molecular complexity index is 1110. The number of benzene rings is 3. The second-order valence-electron chi connectivity index (χ2n) is 8.61. The summed E-state index contributed by atoms with van der Waals surface area (Å²) < 4.78 is 81.7. The molecule has 0 bridgehead atoms. The van der Waals surface area contributed by atoms with E-state index in [0.717, 1.165) is 17.7 Å². The van der Waals surface area contributed by atoms with Gasteiger partial charge in [-0.15, -0.1) is 0 Å². The average Bonchev–Trinajstić information content (AvgIpc) is 2.79. The summed E-state index contributed by atoms with van der Waals surface area (Å²) in [7, 11) is 0. The predicted octanol–water partition coefficient (Wildman–Crippen LogP) is 5.97. The van der Waals surface area contributed by atoms with Gasteiger partial charge in [0.2, 0.25) is 0 Å². The van der Waals surface area contributed by atoms with Gasteiger partial charge in [-0.05, 0) is 41.7 Å². The number of nitrogens with one attached hydrogen (secondary N) is 2. The van der Waals surface area contributed by atoms with Crippen molar-refractivity contribution in [2.75, 3.05) is 13.1 Å². The molecular weight excluding hydrogens is 454 g/mol. The van der Waals surface area contributed by atoms with E-state index in [-0.39, 0.29) is 24.0 Å². The van der Waals surface area contributed by atoms with Crippen molar-refractivity contribution in [3.05, 3.63) is 107 Å². The Morgan fingerprint density at radius 2 is 1.24 bits per heavy atom. The lowest BCUT2D eigenvalue weighted by Crippen LogP contribution is -2.63. The summed E-state index contributed by atoms with van der Waals surface area (Å²) in [4.78, 5) is 0. The van der Waals surface area contributed by atoms with Crippen molar-refractivity contribution >= 4 is 0 Å². The minimum atomic E-state index is -4.51.